The molecule has 4 aromatic carbocycles. The molecule has 5 rings (SSSR count). The Morgan fingerprint density at radius 1 is 0.700 bits per heavy atom. The van der Waals surface area contributed by atoms with Crippen molar-refractivity contribution in [2.45, 2.75) is 0 Å². The molecule has 5 aromatic rings. The molecule has 0 unspecified atom stereocenters. The number of nitrogens with two attached hydrogens (primary N) is 1. The Labute approximate surface area is 173 Å². The molecule has 0 aliphatic carbocycles. The Morgan fingerprint density at radius 3 is 2.17 bits per heavy atom. The molecule has 0 bridgehead atoms. The number of benzene rings is 4. The van der Waals surface area contributed by atoms with E-state index in [0.29, 0.717) is 11.4 Å². The number of hydrogen-bond donors (Lipinski definition) is 2. The highest BCUT2D eigenvalue weighted by atomic mass is 16.3. The molecule has 0 aliphatic rings. The quantitative estimate of drug-likeness (QED) is 0.294. The minimum atomic E-state index is 0.108. The van der Waals surface area contributed by atoms with Gasteiger partial charge < -0.3 is 10.2 Å². The third kappa shape index (κ3) is 3.14. The molecule has 1 aromatic heterocycles. The summed E-state index contributed by atoms with van der Waals surface area (Å²) in [4.78, 5) is 4.39. The van der Waals surface area contributed by atoms with Gasteiger partial charge in [-0.1, -0.05) is 84.9 Å². The molecule has 0 atom stereocenters. The van der Waals surface area contributed by atoms with Crippen LogP contribution < -0.4 is 5.73 Å². The van der Waals surface area contributed by atoms with E-state index < -0.39 is 0 Å². The third-order valence-electron chi connectivity index (χ3n) is 5.18. The molecule has 0 saturated heterocycles. The van der Waals surface area contributed by atoms with Gasteiger partial charge in [0.15, 0.2) is 5.84 Å². The van der Waals surface area contributed by atoms with Gasteiger partial charge in [-0.05, 0) is 23.3 Å². The van der Waals surface area contributed by atoms with E-state index in [1.807, 2.05) is 84.9 Å². The molecule has 4 nitrogen and oxygen atoms in total. The Hall–Kier alpha value is -4.18. The van der Waals surface area contributed by atoms with E-state index in [0.717, 1.165) is 38.6 Å². The third-order valence-corrected chi connectivity index (χ3v) is 5.18. The monoisotopic (exact) mass is 389 g/mol. The molecule has 0 spiro atoms. The number of amidine groups is 2. The van der Waals surface area contributed by atoms with E-state index in [4.69, 9.17) is 15.6 Å². The van der Waals surface area contributed by atoms with Gasteiger partial charge in [0.05, 0.1) is 0 Å². The van der Waals surface area contributed by atoms with Crippen molar-refractivity contribution >= 4 is 33.6 Å². The summed E-state index contributed by atoms with van der Waals surface area (Å²) in [7, 11) is 0. The standard InChI is InChI=1S/C26H19N3O/c27-25(19-15-13-18(14-16-19)17-7-2-1-3-8-17)29-26(28)21-10-6-12-23-24(21)20-9-4-5-11-22(20)30-23/h1-16H,(H3,27,28,29). The van der Waals surface area contributed by atoms with E-state index in [1.54, 1.807) is 0 Å². The van der Waals surface area contributed by atoms with Gasteiger partial charge in [0.25, 0.3) is 0 Å². The maximum Gasteiger partial charge on any atom is 0.154 e. The number of furan rings is 1. The van der Waals surface area contributed by atoms with Crippen molar-refractivity contribution in [3.05, 3.63) is 108 Å². The van der Waals surface area contributed by atoms with E-state index >= 15 is 0 Å². The van der Waals surface area contributed by atoms with E-state index in [9.17, 15) is 0 Å². The summed E-state index contributed by atoms with van der Waals surface area (Å²) in [6.45, 7) is 0. The molecule has 0 aliphatic heterocycles. The first-order valence-corrected chi connectivity index (χ1v) is 9.70. The van der Waals surface area contributed by atoms with Crippen molar-refractivity contribution < 1.29 is 4.42 Å². The number of nitrogens with one attached hydrogen (secondary N) is 1. The molecule has 0 radical (unpaired) electrons. The van der Waals surface area contributed by atoms with E-state index in [2.05, 4.69) is 17.1 Å². The lowest BCUT2D eigenvalue weighted by Gasteiger charge is -2.06. The second-order valence-electron chi connectivity index (χ2n) is 7.07. The van der Waals surface area contributed by atoms with Crippen LogP contribution in [0.2, 0.25) is 0 Å². The minimum absolute atomic E-state index is 0.108. The van der Waals surface area contributed by atoms with Crippen molar-refractivity contribution in [1.82, 2.24) is 0 Å². The largest absolute Gasteiger partial charge is 0.456 e. The normalized spacial score (nSPS) is 11.8. The van der Waals surface area contributed by atoms with Crippen LogP contribution in [0.5, 0.6) is 0 Å². The maximum absolute atomic E-state index is 8.57. The highest BCUT2D eigenvalue weighted by Gasteiger charge is 2.14. The van der Waals surface area contributed by atoms with Gasteiger partial charge >= 0.3 is 0 Å². The minimum Gasteiger partial charge on any atom is -0.456 e. The SMILES string of the molecule is N=C(N=C(N)c1ccc(-c2ccccc2)cc1)c1cccc2oc3ccccc3c12. The predicted molar refractivity (Wildman–Crippen MR) is 123 cm³/mol. The van der Waals surface area contributed by atoms with Crippen LogP contribution in [0.1, 0.15) is 11.1 Å². The fourth-order valence-corrected chi connectivity index (χ4v) is 3.68. The van der Waals surface area contributed by atoms with Crippen molar-refractivity contribution in [3.8, 4) is 11.1 Å². The number of rotatable bonds is 3. The van der Waals surface area contributed by atoms with Crippen molar-refractivity contribution in [1.29, 1.82) is 5.41 Å². The molecule has 0 saturated carbocycles. The zero-order valence-electron chi connectivity index (χ0n) is 16.2. The lowest BCUT2D eigenvalue weighted by molar-refractivity contribution is 0.669. The first-order valence-electron chi connectivity index (χ1n) is 9.70. The highest BCUT2D eigenvalue weighted by Crippen LogP contribution is 2.31. The Bertz CT molecular complexity index is 1400. The summed E-state index contributed by atoms with van der Waals surface area (Å²) in [6, 6.07) is 31.5. The fourth-order valence-electron chi connectivity index (χ4n) is 3.68. The van der Waals surface area contributed by atoms with Crippen LogP contribution in [0.4, 0.5) is 0 Å². The average molecular weight is 389 g/mol. The number of para-hydroxylation sites is 1. The lowest BCUT2D eigenvalue weighted by atomic mass is 10.0. The van der Waals surface area contributed by atoms with Crippen molar-refractivity contribution in [3.63, 3.8) is 0 Å². The van der Waals surface area contributed by atoms with Gasteiger partial charge in [0, 0.05) is 21.9 Å². The summed E-state index contributed by atoms with van der Waals surface area (Å²) < 4.78 is 5.91. The molecule has 30 heavy (non-hydrogen) atoms. The van der Waals surface area contributed by atoms with Gasteiger partial charge in [0.2, 0.25) is 0 Å². The second-order valence-corrected chi connectivity index (χ2v) is 7.07. The Morgan fingerprint density at radius 2 is 1.37 bits per heavy atom. The first kappa shape index (κ1) is 17.9. The number of fused-ring (bicyclic) bond motifs is 3. The number of hydrogen-bond acceptors (Lipinski definition) is 2. The van der Waals surface area contributed by atoms with Gasteiger partial charge in [-0.15, -0.1) is 0 Å². The number of nitrogens with zero attached hydrogens (tertiary/aromatic N) is 1. The average Bonchev–Trinajstić information content (AvgIpc) is 3.18. The predicted octanol–water partition coefficient (Wildman–Crippen LogP) is 5.98. The Kier molecular flexibility index (Phi) is 4.37. The zero-order valence-corrected chi connectivity index (χ0v) is 16.2. The van der Waals surface area contributed by atoms with Crippen LogP contribution in [0, 0.1) is 5.41 Å². The summed E-state index contributed by atoms with van der Waals surface area (Å²) >= 11 is 0. The van der Waals surface area contributed by atoms with Crippen LogP contribution >= 0.6 is 0 Å². The second kappa shape index (κ2) is 7.33. The molecule has 0 fully saturated rings. The zero-order chi connectivity index (χ0) is 20.5. The highest BCUT2D eigenvalue weighted by molar-refractivity contribution is 6.20. The van der Waals surface area contributed by atoms with Crippen LogP contribution in [0.15, 0.2) is 106 Å². The molecule has 144 valence electrons. The topological polar surface area (TPSA) is 75.4 Å². The van der Waals surface area contributed by atoms with Gasteiger partial charge in [-0.2, -0.15) is 0 Å². The van der Waals surface area contributed by atoms with Gasteiger partial charge in [-0.3, -0.25) is 5.41 Å². The first-order chi connectivity index (χ1) is 14.7. The van der Waals surface area contributed by atoms with Crippen LogP contribution in [0.3, 0.4) is 0 Å². The smallest absolute Gasteiger partial charge is 0.154 e. The van der Waals surface area contributed by atoms with Crippen LogP contribution in [0.25, 0.3) is 33.1 Å². The van der Waals surface area contributed by atoms with Gasteiger partial charge in [-0.25, -0.2) is 4.99 Å². The fraction of sp³-hybridized carbons (Fsp3) is 0. The van der Waals surface area contributed by atoms with Crippen LogP contribution in [-0.2, 0) is 0 Å². The molecule has 3 N–H and O–H groups in total. The lowest BCUT2D eigenvalue weighted by Crippen LogP contribution is -2.16. The van der Waals surface area contributed by atoms with Crippen molar-refractivity contribution in [2.75, 3.05) is 0 Å². The summed E-state index contributed by atoms with van der Waals surface area (Å²) in [5, 5.41) is 10.4. The van der Waals surface area contributed by atoms with E-state index in [-0.39, 0.29) is 5.84 Å². The Balaban J connectivity index is 1.50. The molecular formula is C26H19N3O. The van der Waals surface area contributed by atoms with Crippen LogP contribution in [-0.4, -0.2) is 11.7 Å². The summed E-state index contributed by atoms with van der Waals surface area (Å²) in [5.74, 6) is 0.418. The van der Waals surface area contributed by atoms with Gasteiger partial charge in [0.1, 0.15) is 17.0 Å². The molecule has 0 amide bonds. The molecule has 4 heteroatoms. The number of aliphatic imine (C=N–C) groups is 1. The van der Waals surface area contributed by atoms with E-state index in [1.165, 1.54) is 0 Å². The van der Waals surface area contributed by atoms with Crippen molar-refractivity contribution in [2.24, 2.45) is 10.7 Å². The summed E-state index contributed by atoms with van der Waals surface area (Å²) in [5.41, 5.74) is 11.5. The summed E-state index contributed by atoms with van der Waals surface area (Å²) in [6.07, 6.45) is 0. The molecule has 1 heterocycles. The maximum atomic E-state index is 8.57. The molecular weight excluding hydrogens is 370 g/mol.